The molecule has 0 spiro atoms. The molecule has 34 heavy (non-hydrogen) atoms. The van der Waals surface area contributed by atoms with Gasteiger partial charge in [0, 0.05) is 55.3 Å². The lowest BCUT2D eigenvalue weighted by atomic mass is 10.1. The summed E-state index contributed by atoms with van der Waals surface area (Å²) in [6, 6.07) is 8.82. The summed E-state index contributed by atoms with van der Waals surface area (Å²) < 4.78 is 29.6. The Balaban J connectivity index is 1.50. The van der Waals surface area contributed by atoms with E-state index in [0.29, 0.717) is 12.2 Å². The zero-order valence-corrected chi connectivity index (χ0v) is 21.4. The van der Waals surface area contributed by atoms with Crippen molar-refractivity contribution in [3.63, 3.8) is 0 Å². The second-order valence-electron chi connectivity index (χ2n) is 8.61. The second-order valence-corrected chi connectivity index (χ2v) is 11.1. The highest BCUT2D eigenvalue weighted by Gasteiger charge is 2.18. The summed E-state index contributed by atoms with van der Waals surface area (Å²) in [7, 11) is -3.81. The van der Waals surface area contributed by atoms with Crippen molar-refractivity contribution in [3.05, 3.63) is 52.5 Å². The maximum atomic E-state index is 11.8. The van der Waals surface area contributed by atoms with Crippen LogP contribution in [0.4, 0.5) is 5.82 Å². The molecule has 8 nitrogen and oxygen atoms in total. The maximum Gasteiger partial charge on any atom is 0.238 e. The smallest absolute Gasteiger partial charge is 0.238 e. The van der Waals surface area contributed by atoms with Crippen LogP contribution in [0.15, 0.2) is 46.8 Å². The third-order valence-electron chi connectivity index (χ3n) is 5.80. The van der Waals surface area contributed by atoms with Crippen LogP contribution in [-0.4, -0.2) is 62.1 Å². The van der Waals surface area contributed by atoms with E-state index in [9.17, 15) is 8.42 Å². The van der Waals surface area contributed by atoms with E-state index in [2.05, 4.69) is 33.8 Å². The molecule has 1 fully saturated rings. The molecule has 0 aliphatic carbocycles. The van der Waals surface area contributed by atoms with E-state index in [1.54, 1.807) is 12.1 Å². The molecule has 2 N–H and O–H groups in total. The predicted octanol–water partition coefficient (Wildman–Crippen LogP) is 3.37. The summed E-state index contributed by atoms with van der Waals surface area (Å²) in [4.78, 5) is 14.3. The molecule has 10 heteroatoms. The number of hydrogen-bond acceptors (Lipinski definition) is 8. The lowest BCUT2D eigenvalue weighted by Gasteiger charge is -2.34. The van der Waals surface area contributed by atoms with Gasteiger partial charge < -0.3 is 14.5 Å². The molecule has 0 unspecified atom stereocenters. The molecule has 182 valence electrons. The van der Waals surface area contributed by atoms with Gasteiger partial charge in [-0.25, -0.2) is 23.5 Å². The highest BCUT2D eigenvalue weighted by molar-refractivity contribution is 7.89. The Morgan fingerprint density at radius 2 is 1.91 bits per heavy atom. The van der Waals surface area contributed by atoms with Crippen molar-refractivity contribution < 1.29 is 13.2 Å². The maximum absolute atomic E-state index is 11.8. The van der Waals surface area contributed by atoms with Crippen LogP contribution in [0, 0.1) is 0 Å². The molecule has 2 aromatic heterocycles. The van der Waals surface area contributed by atoms with Crippen LogP contribution < -0.4 is 14.8 Å². The van der Waals surface area contributed by atoms with Crippen LogP contribution in [0.5, 0.6) is 5.75 Å². The van der Waals surface area contributed by atoms with Crippen LogP contribution in [0.3, 0.4) is 0 Å². The van der Waals surface area contributed by atoms with Gasteiger partial charge in [-0.05, 0) is 50.7 Å². The van der Waals surface area contributed by atoms with Gasteiger partial charge in [-0.1, -0.05) is 6.92 Å². The summed E-state index contributed by atoms with van der Waals surface area (Å²) in [5, 5.41) is 8.19. The number of ether oxygens (including phenoxy) is 1. The quantitative estimate of drug-likeness (QED) is 0.505. The van der Waals surface area contributed by atoms with Gasteiger partial charge in [0.1, 0.15) is 11.6 Å². The Morgan fingerprint density at radius 1 is 1.15 bits per heavy atom. The first kappa shape index (κ1) is 24.6. The molecule has 1 saturated heterocycles. The van der Waals surface area contributed by atoms with E-state index < -0.39 is 10.0 Å². The number of nitrogens with zero attached hydrogens (tertiary/aromatic N) is 4. The molecule has 1 aliphatic heterocycles. The standard InChI is InChI=1S/C24H31N5O3S2/c1-4-28-9-11-29(12-10-28)23-8-5-18(15-26-23)21-16-33-24(27-21)14-19-13-20(34(25,30)31)6-7-22(19)32-17(2)3/h5-8,13,15-17H,4,9-12,14H2,1-3H3,(H2,25,30,31). The van der Waals surface area contributed by atoms with Crippen LogP contribution in [0.2, 0.25) is 0 Å². The third-order valence-corrected chi connectivity index (χ3v) is 7.56. The lowest BCUT2D eigenvalue weighted by molar-refractivity contribution is 0.240. The van der Waals surface area contributed by atoms with E-state index in [1.165, 1.54) is 17.4 Å². The molecular weight excluding hydrogens is 470 g/mol. The Kier molecular flexibility index (Phi) is 7.51. The van der Waals surface area contributed by atoms with Crippen molar-refractivity contribution in [2.45, 2.75) is 38.2 Å². The van der Waals surface area contributed by atoms with Crippen LogP contribution in [0.25, 0.3) is 11.3 Å². The first-order valence-electron chi connectivity index (χ1n) is 11.4. The largest absolute Gasteiger partial charge is 0.491 e. The number of anilines is 1. The fourth-order valence-electron chi connectivity index (χ4n) is 3.95. The zero-order valence-electron chi connectivity index (χ0n) is 19.8. The number of thiazole rings is 1. The van der Waals surface area contributed by atoms with Crippen molar-refractivity contribution in [1.29, 1.82) is 0 Å². The molecule has 0 saturated carbocycles. The molecule has 0 amide bonds. The molecule has 0 bridgehead atoms. The molecule has 4 rings (SSSR count). The monoisotopic (exact) mass is 501 g/mol. The van der Waals surface area contributed by atoms with Gasteiger partial charge in [0.15, 0.2) is 0 Å². The Bertz CT molecular complexity index is 1220. The van der Waals surface area contributed by atoms with Gasteiger partial charge >= 0.3 is 0 Å². The lowest BCUT2D eigenvalue weighted by Crippen LogP contribution is -2.46. The molecule has 3 aromatic rings. The number of hydrogen-bond donors (Lipinski definition) is 1. The zero-order chi connectivity index (χ0) is 24.3. The fourth-order valence-corrected chi connectivity index (χ4v) is 5.34. The Hall–Kier alpha value is -2.53. The fraction of sp³-hybridized carbons (Fsp3) is 0.417. The number of piperazine rings is 1. The molecule has 0 atom stereocenters. The van der Waals surface area contributed by atoms with Crippen molar-refractivity contribution in [2.75, 3.05) is 37.6 Å². The SMILES string of the molecule is CCN1CCN(c2ccc(-c3csc(Cc4cc(S(N)(=O)=O)ccc4OC(C)C)n3)cn2)CC1. The van der Waals surface area contributed by atoms with Gasteiger partial charge in [0.25, 0.3) is 0 Å². The molecule has 1 aromatic carbocycles. The summed E-state index contributed by atoms with van der Waals surface area (Å²) in [5.74, 6) is 1.62. The van der Waals surface area contributed by atoms with E-state index in [4.69, 9.17) is 14.9 Å². The second kappa shape index (κ2) is 10.4. The van der Waals surface area contributed by atoms with Gasteiger partial charge in [0.05, 0.1) is 21.7 Å². The number of aromatic nitrogens is 2. The third kappa shape index (κ3) is 5.93. The van der Waals surface area contributed by atoms with Crippen LogP contribution >= 0.6 is 11.3 Å². The highest BCUT2D eigenvalue weighted by atomic mass is 32.2. The van der Waals surface area contributed by atoms with E-state index in [-0.39, 0.29) is 11.0 Å². The first-order valence-corrected chi connectivity index (χ1v) is 13.9. The minimum atomic E-state index is -3.81. The van der Waals surface area contributed by atoms with E-state index in [1.807, 2.05) is 25.4 Å². The average molecular weight is 502 g/mol. The first-order chi connectivity index (χ1) is 16.2. The summed E-state index contributed by atoms with van der Waals surface area (Å²) in [6.07, 6.45) is 2.28. The minimum absolute atomic E-state index is 0.0412. The molecule has 3 heterocycles. The highest BCUT2D eigenvalue weighted by Crippen LogP contribution is 2.29. The topological polar surface area (TPSA) is 102 Å². The van der Waals surface area contributed by atoms with Gasteiger partial charge in [-0.3, -0.25) is 0 Å². The summed E-state index contributed by atoms with van der Waals surface area (Å²) in [5.41, 5.74) is 2.54. The van der Waals surface area contributed by atoms with Crippen LogP contribution in [-0.2, 0) is 16.4 Å². The van der Waals surface area contributed by atoms with Crippen molar-refractivity contribution in [2.24, 2.45) is 5.14 Å². The van der Waals surface area contributed by atoms with Gasteiger partial charge in [-0.2, -0.15) is 0 Å². The number of primary sulfonamides is 1. The summed E-state index contributed by atoms with van der Waals surface area (Å²) >= 11 is 1.52. The minimum Gasteiger partial charge on any atom is -0.491 e. The van der Waals surface area contributed by atoms with E-state index in [0.717, 1.165) is 60.4 Å². The predicted molar refractivity (Wildman–Crippen MR) is 136 cm³/mol. The van der Waals surface area contributed by atoms with E-state index >= 15 is 0 Å². The number of benzene rings is 1. The van der Waals surface area contributed by atoms with Gasteiger partial charge in [-0.15, -0.1) is 11.3 Å². The number of likely N-dealkylation sites (N-methyl/N-ethyl adjacent to an activating group) is 1. The number of pyridine rings is 1. The average Bonchev–Trinajstić information content (AvgIpc) is 3.28. The summed E-state index contributed by atoms with van der Waals surface area (Å²) in [6.45, 7) is 11.2. The number of nitrogens with two attached hydrogens (primary N) is 1. The normalized spacial score (nSPS) is 15.1. The number of rotatable bonds is 8. The van der Waals surface area contributed by atoms with Crippen LogP contribution in [0.1, 0.15) is 31.3 Å². The van der Waals surface area contributed by atoms with Crippen molar-refractivity contribution >= 4 is 27.2 Å². The Morgan fingerprint density at radius 3 is 2.53 bits per heavy atom. The Labute approximate surface area is 205 Å². The molecule has 0 radical (unpaired) electrons. The molecular formula is C24H31N5O3S2. The number of sulfonamides is 1. The van der Waals surface area contributed by atoms with Crippen molar-refractivity contribution in [1.82, 2.24) is 14.9 Å². The van der Waals surface area contributed by atoms with Gasteiger partial charge in [0.2, 0.25) is 10.0 Å². The van der Waals surface area contributed by atoms with Crippen molar-refractivity contribution in [3.8, 4) is 17.0 Å². The molecule has 1 aliphatic rings.